The highest BCUT2D eigenvalue weighted by Crippen LogP contribution is 2.44. The molecular weight excluding hydrogens is 264 g/mol. The number of rotatable bonds is 3. The average molecular weight is 279 g/mol. The largest absolute Gasteiger partial charge is 0.277 e. The fourth-order valence-electron chi connectivity index (χ4n) is 1.04. The van der Waals surface area contributed by atoms with E-state index in [1.807, 2.05) is 26.0 Å². The molecule has 0 aromatic heterocycles. The maximum atomic E-state index is 11.6. The van der Waals surface area contributed by atoms with Gasteiger partial charge in [0.25, 0.3) is 0 Å². The van der Waals surface area contributed by atoms with Crippen molar-refractivity contribution >= 4 is 32.7 Å². The van der Waals surface area contributed by atoms with Crippen molar-refractivity contribution in [3.63, 3.8) is 0 Å². The Hall–Kier alpha value is -0.260. The minimum absolute atomic E-state index is 0.00279. The fourth-order valence-corrected chi connectivity index (χ4v) is 3.35. The van der Waals surface area contributed by atoms with Gasteiger partial charge in [0.2, 0.25) is 5.91 Å². The Morgan fingerprint density at radius 2 is 2.36 bits per heavy atom. The molecule has 1 aliphatic heterocycles. The lowest BCUT2D eigenvalue weighted by Gasteiger charge is -2.23. The van der Waals surface area contributed by atoms with E-state index in [1.54, 1.807) is 0 Å². The van der Waals surface area contributed by atoms with Crippen molar-refractivity contribution in [2.75, 3.05) is 5.75 Å². The van der Waals surface area contributed by atoms with Crippen LogP contribution in [0.15, 0.2) is 21.4 Å². The standard InChI is InChI=1S/C9H15BrN2OS/c1-7(2)12(11)9(13)6-14-5-3-4-8(14)10/h3-5,7,14H,6,11H2,1-2H3. The van der Waals surface area contributed by atoms with Crippen molar-refractivity contribution in [2.24, 2.45) is 5.84 Å². The molecule has 1 amide bonds. The third-order valence-corrected chi connectivity index (χ3v) is 5.40. The Morgan fingerprint density at radius 3 is 2.79 bits per heavy atom. The van der Waals surface area contributed by atoms with Crippen molar-refractivity contribution in [1.82, 2.24) is 5.01 Å². The van der Waals surface area contributed by atoms with Crippen molar-refractivity contribution in [1.29, 1.82) is 0 Å². The molecule has 1 heterocycles. The summed E-state index contributed by atoms with van der Waals surface area (Å²) in [6.07, 6.45) is 3.95. The lowest BCUT2D eigenvalue weighted by molar-refractivity contribution is -0.130. The number of hydrazine groups is 1. The molecule has 0 radical (unpaired) electrons. The number of hydrogen-bond donors (Lipinski definition) is 2. The minimum atomic E-state index is -0.477. The average Bonchev–Trinajstić information content (AvgIpc) is 2.50. The number of thiol groups is 1. The predicted molar refractivity (Wildman–Crippen MR) is 66.2 cm³/mol. The third kappa shape index (κ3) is 2.87. The van der Waals surface area contributed by atoms with E-state index in [-0.39, 0.29) is 11.9 Å². The summed E-state index contributed by atoms with van der Waals surface area (Å²) >= 11 is 3.44. The molecule has 14 heavy (non-hydrogen) atoms. The molecule has 0 aliphatic carbocycles. The first-order valence-corrected chi connectivity index (χ1v) is 6.78. The summed E-state index contributed by atoms with van der Waals surface area (Å²) in [7, 11) is -0.477. The van der Waals surface area contributed by atoms with E-state index in [1.165, 1.54) is 5.01 Å². The van der Waals surface area contributed by atoms with Crippen LogP contribution in [0.1, 0.15) is 13.8 Å². The van der Waals surface area contributed by atoms with E-state index < -0.39 is 10.9 Å². The lowest BCUT2D eigenvalue weighted by Crippen LogP contribution is -2.44. The maximum Gasteiger partial charge on any atom is 0.245 e. The highest BCUT2D eigenvalue weighted by molar-refractivity contribution is 9.14. The zero-order chi connectivity index (χ0) is 10.7. The highest BCUT2D eigenvalue weighted by Gasteiger charge is 2.18. The van der Waals surface area contributed by atoms with Gasteiger partial charge in [-0.25, -0.2) is 5.84 Å². The second-order valence-corrected chi connectivity index (χ2v) is 6.86. The van der Waals surface area contributed by atoms with Gasteiger partial charge in [0, 0.05) is 9.86 Å². The number of carbonyl (C=O) groups is 1. The van der Waals surface area contributed by atoms with Crippen LogP contribution in [0.4, 0.5) is 0 Å². The van der Waals surface area contributed by atoms with Gasteiger partial charge < -0.3 is 0 Å². The normalized spacial score (nSPS) is 22.6. The quantitative estimate of drug-likeness (QED) is 0.358. The summed E-state index contributed by atoms with van der Waals surface area (Å²) < 4.78 is 1.11. The Morgan fingerprint density at radius 1 is 1.71 bits per heavy atom. The van der Waals surface area contributed by atoms with Crippen LogP contribution in [0.3, 0.4) is 0 Å². The highest BCUT2D eigenvalue weighted by atomic mass is 79.9. The van der Waals surface area contributed by atoms with Crippen LogP contribution >= 0.6 is 26.8 Å². The molecule has 2 N–H and O–H groups in total. The van der Waals surface area contributed by atoms with Gasteiger partial charge in [0.05, 0.1) is 5.75 Å². The lowest BCUT2D eigenvalue weighted by atomic mass is 10.4. The van der Waals surface area contributed by atoms with Crippen LogP contribution in [0.5, 0.6) is 0 Å². The number of halogens is 1. The molecule has 0 bridgehead atoms. The molecule has 0 fully saturated rings. The molecule has 5 heteroatoms. The van der Waals surface area contributed by atoms with Gasteiger partial charge in [-0.2, -0.15) is 10.9 Å². The first kappa shape index (κ1) is 11.8. The molecule has 1 rings (SSSR count). The first-order chi connectivity index (χ1) is 6.52. The molecule has 1 atom stereocenters. The molecule has 1 aliphatic rings. The monoisotopic (exact) mass is 278 g/mol. The Balaban J connectivity index is 2.49. The molecule has 0 aromatic carbocycles. The maximum absolute atomic E-state index is 11.6. The van der Waals surface area contributed by atoms with Crippen LogP contribution in [0.25, 0.3) is 0 Å². The number of hydrogen-bond acceptors (Lipinski definition) is 2. The van der Waals surface area contributed by atoms with E-state index in [4.69, 9.17) is 5.84 Å². The zero-order valence-corrected chi connectivity index (χ0v) is 10.8. The molecule has 3 nitrogen and oxygen atoms in total. The first-order valence-electron chi connectivity index (χ1n) is 4.39. The van der Waals surface area contributed by atoms with Gasteiger partial charge in [0.15, 0.2) is 0 Å². The smallest absolute Gasteiger partial charge is 0.245 e. The number of amides is 1. The van der Waals surface area contributed by atoms with Crippen LogP contribution in [0.2, 0.25) is 0 Å². The Labute approximate surface area is 95.5 Å². The number of allylic oxidation sites excluding steroid dienone is 2. The van der Waals surface area contributed by atoms with Crippen LogP contribution in [0, 0.1) is 0 Å². The van der Waals surface area contributed by atoms with Gasteiger partial charge in [0.1, 0.15) is 0 Å². The fraction of sp³-hybridized carbons (Fsp3) is 0.444. The van der Waals surface area contributed by atoms with Gasteiger partial charge in [-0.05, 0) is 41.3 Å². The van der Waals surface area contributed by atoms with Gasteiger partial charge in [-0.3, -0.25) is 9.80 Å². The number of nitrogens with two attached hydrogens (primary N) is 1. The van der Waals surface area contributed by atoms with Crippen LogP contribution in [-0.4, -0.2) is 22.7 Å². The van der Waals surface area contributed by atoms with Crippen molar-refractivity contribution in [3.8, 4) is 0 Å². The van der Waals surface area contributed by atoms with Gasteiger partial charge >= 0.3 is 0 Å². The molecule has 0 saturated carbocycles. The topological polar surface area (TPSA) is 46.3 Å². The molecule has 1 unspecified atom stereocenters. The van der Waals surface area contributed by atoms with Crippen LogP contribution in [-0.2, 0) is 4.79 Å². The van der Waals surface area contributed by atoms with E-state index in [0.717, 1.165) is 3.81 Å². The van der Waals surface area contributed by atoms with Crippen molar-refractivity contribution < 1.29 is 4.79 Å². The summed E-state index contributed by atoms with van der Waals surface area (Å²) in [5.74, 6) is 6.12. The third-order valence-electron chi connectivity index (χ3n) is 1.92. The van der Waals surface area contributed by atoms with Gasteiger partial charge in [-0.1, -0.05) is 6.08 Å². The van der Waals surface area contributed by atoms with E-state index in [0.29, 0.717) is 5.75 Å². The molecular formula is C9H15BrN2OS. The molecule has 0 spiro atoms. The second kappa shape index (κ2) is 5.00. The summed E-state index contributed by atoms with van der Waals surface area (Å²) in [5, 5.41) is 3.36. The van der Waals surface area contributed by atoms with Gasteiger partial charge in [-0.15, -0.1) is 0 Å². The zero-order valence-electron chi connectivity index (χ0n) is 8.27. The Bertz CT molecular complexity index is 289. The summed E-state index contributed by atoms with van der Waals surface area (Å²) in [4.78, 5) is 11.6. The SMILES string of the molecule is CC(C)N(N)C(=O)C[SH]1C=CC=C1Br. The summed E-state index contributed by atoms with van der Waals surface area (Å²) in [6.45, 7) is 3.81. The summed E-state index contributed by atoms with van der Waals surface area (Å²) in [6, 6.07) is 0.0619. The molecule has 0 saturated heterocycles. The van der Waals surface area contributed by atoms with Crippen LogP contribution < -0.4 is 5.84 Å². The summed E-state index contributed by atoms with van der Waals surface area (Å²) in [5.41, 5.74) is 0. The predicted octanol–water partition coefficient (Wildman–Crippen LogP) is 1.86. The van der Waals surface area contributed by atoms with Crippen molar-refractivity contribution in [3.05, 3.63) is 21.4 Å². The van der Waals surface area contributed by atoms with E-state index >= 15 is 0 Å². The Kier molecular flexibility index (Phi) is 4.22. The number of carbonyl (C=O) groups excluding carboxylic acids is 1. The van der Waals surface area contributed by atoms with E-state index in [9.17, 15) is 4.79 Å². The minimum Gasteiger partial charge on any atom is -0.277 e. The molecule has 80 valence electrons. The number of nitrogens with zero attached hydrogens (tertiary/aromatic N) is 1. The second-order valence-electron chi connectivity index (χ2n) is 3.35. The molecule has 0 aromatic rings. The van der Waals surface area contributed by atoms with Crippen molar-refractivity contribution in [2.45, 2.75) is 19.9 Å². The van der Waals surface area contributed by atoms with E-state index in [2.05, 4.69) is 21.3 Å².